The standard InChI is InChI=1S/C14H10BrN/c15-13-10-16(11-6-2-1-3-7-11)14-9-5-4-8-12(13)14/h1-10H/i4D,5D,8D,9D,10D. The highest BCUT2D eigenvalue weighted by Gasteiger charge is 2.06. The third-order valence-corrected chi connectivity index (χ3v) is 2.91. The lowest BCUT2D eigenvalue weighted by atomic mass is 10.2. The molecule has 0 aliphatic heterocycles. The average molecular weight is 277 g/mol. The molecule has 2 heteroatoms. The lowest BCUT2D eigenvalue weighted by molar-refractivity contribution is 1.12. The van der Waals surface area contributed by atoms with Gasteiger partial charge in [0.05, 0.1) is 12.4 Å². The summed E-state index contributed by atoms with van der Waals surface area (Å²) in [7, 11) is 0. The highest BCUT2D eigenvalue weighted by Crippen LogP contribution is 2.28. The third-order valence-electron chi connectivity index (χ3n) is 2.34. The van der Waals surface area contributed by atoms with Gasteiger partial charge in [0.1, 0.15) is 0 Å². The Balaban J connectivity index is 2.56. The van der Waals surface area contributed by atoms with Gasteiger partial charge in [-0.15, -0.1) is 0 Å². The Morgan fingerprint density at radius 3 is 2.62 bits per heavy atom. The molecule has 0 fully saturated rings. The van der Waals surface area contributed by atoms with E-state index in [4.69, 9.17) is 6.85 Å². The summed E-state index contributed by atoms with van der Waals surface area (Å²) in [5.74, 6) is 0. The maximum atomic E-state index is 8.22. The van der Waals surface area contributed by atoms with E-state index in [0.717, 1.165) is 0 Å². The number of para-hydroxylation sites is 2. The van der Waals surface area contributed by atoms with Gasteiger partial charge >= 0.3 is 0 Å². The highest BCUT2D eigenvalue weighted by atomic mass is 79.9. The Morgan fingerprint density at radius 2 is 1.81 bits per heavy atom. The molecule has 0 amide bonds. The van der Waals surface area contributed by atoms with Gasteiger partial charge in [-0.25, -0.2) is 0 Å². The largest absolute Gasteiger partial charge is 0.315 e. The second kappa shape index (κ2) is 3.80. The van der Waals surface area contributed by atoms with Crippen LogP contribution in [0.1, 0.15) is 6.85 Å². The fourth-order valence-electron chi connectivity index (χ4n) is 1.61. The van der Waals surface area contributed by atoms with Crippen molar-refractivity contribution in [3.05, 3.63) is 65.1 Å². The van der Waals surface area contributed by atoms with E-state index in [9.17, 15) is 0 Å². The van der Waals surface area contributed by atoms with E-state index in [0.29, 0.717) is 21.1 Å². The van der Waals surface area contributed by atoms with Crippen molar-refractivity contribution >= 4 is 26.8 Å². The molecule has 3 aromatic rings. The fourth-order valence-corrected chi connectivity index (χ4v) is 2.08. The number of benzene rings is 2. The maximum Gasteiger partial charge on any atom is 0.0835 e. The van der Waals surface area contributed by atoms with Crippen molar-refractivity contribution in [2.24, 2.45) is 0 Å². The first-order chi connectivity index (χ1) is 9.95. The molecule has 1 aromatic heterocycles. The van der Waals surface area contributed by atoms with Crippen molar-refractivity contribution in [1.82, 2.24) is 4.57 Å². The summed E-state index contributed by atoms with van der Waals surface area (Å²) in [6, 6.07) is 8.21. The van der Waals surface area contributed by atoms with E-state index in [1.807, 2.05) is 18.2 Å². The van der Waals surface area contributed by atoms with E-state index in [2.05, 4.69) is 15.9 Å². The van der Waals surface area contributed by atoms with Crippen molar-refractivity contribution in [1.29, 1.82) is 0 Å². The lowest BCUT2D eigenvalue weighted by Gasteiger charge is -2.03. The summed E-state index contributed by atoms with van der Waals surface area (Å²) in [6.07, 6.45) is 0.100. The molecule has 0 spiro atoms. The van der Waals surface area contributed by atoms with Crippen molar-refractivity contribution in [3.8, 4) is 5.69 Å². The molecule has 2 aromatic carbocycles. The Hall–Kier alpha value is -1.54. The summed E-state index contributed by atoms with van der Waals surface area (Å²) in [5.41, 5.74) is 0.993. The maximum absolute atomic E-state index is 8.22. The molecule has 3 rings (SSSR count). The predicted octanol–water partition coefficient (Wildman–Crippen LogP) is 4.39. The minimum Gasteiger partial charge on any atom is -0.315 e. The molecule has 0 bridgehead atoms. The van der Waals surface area contributed by atoms with Crippen molar-refractivity contribution < 1.29 is 6.85 Å². The number of aromatic nitrogens is 1. The van der Waals surface area contributed by atoms with Gasteiger partial charge in [0, 0.05) is 21.7 Å². The van der Waals surface area contributed by atoms with Crippen molar-refractivity contribution in [2.45, 2.75) is 0 Å². The third kappa shape index (κ3) is 1.46. The van der Waals surface area contributed by atoms with E-state index >= 15 is 0 Å². The van der Waals surface area contributed by atoms with Crippen LogP contribution in [-0.4, -0.2) is 4.57 Å². The SMILES string of the molecule is [2H]c1c([2H])c([2H])c2c(c1[2H])c(Br)c([2H])n2-c1ccccc1. The second-order valence-corrected chi connectivity index (χ2v) is 4.11. The molecule has 0 N–H and O–H groups in total. The molecule has 0 radical (unpaired) electrons. The quantitative estimate of drug-likeness (QED) is 0.621. The summed E-state index contributed by atoms with van der Waals surface area (Å²) in [6.45, 7) is 0. The van der Waals surface area contributed by atoms with Crippen molar-refractivity contribution in [3.63, 3.8) is 0 Å². The molecule has 0 unspecified atom stereocenters. The first-order valence-electron chi connectivity index (χ1n) is 7.27. The molecule has 0 saturated heterocycles. The van der Waals surface area contributed by atoms with E-state index < -0.39 is 0 Å². The Morgan fingerprint density at radius 1 is 1.06 bits per heavy atom. The summed E-state index contributed by atoms with van der Waals surface area (Å²) < 4.78 is 41.8. The van der Waals surface area contributed by atoms with Gasteiger partial charge in [0.25, 0.3) is 0 Å². The van der Waals surface area contributed by atoms with Gasteiger partial charge in [-0.05, 0) is 34.1 Å². The minimum absolute atomic E-state index is 0.100. The number of hydrogen-bond donors (Lipinski definition) is 0. The molecular weight excluding hydrogens is 262 g/mol. The van der Waals surface area contributed by atoms with Crippen LogP contribution >= 0.6 is 15.9 Å². The van der Waals surface area contributed by atoms with Gasteiger partial charge in [-0.1, -0.05) is 36.3 Å². The first kappa shape index (κ1) is 5.69. The normalized spacial score (nSPS) is 15.2. The number of hydrogen-bond acceptors (Lipinski definition) is 0. The highest BCUT2D eigenvalue weighted by molar-refractivity contribution is 9.10. The van der Waals surface area contributed by atoms with Gasteiger partial charge in [0.2, 0.25) is 0 Å². The van der Waals surface area contributed by atoms with Crippen LogP contribution in [0, 0.1) is 0 Å². The molecule has 0 saturated carbocycles. The number of halogens is 1. The second-order valence-electron chi connectivity index (χ2n) is 3.32. The van der Waals surface area contributed by atoms with Crippen LogP contribution in [0.15, 0.2) is 65.1 Å². The van der Waals surface area contributed by atoms with Crippen LogP contribution in [0.2, 0.25) is 0 Å². The average Bonchev–Trinajstić information content (AvgIpc) is 2.76. The number of nitrogens with zero attached hydrogens (tertiary/aromatic N) is 1. The smallest absolute Gasteiger partial charge is 0.0835 e. The van der Waals surface area contributed by atoms with E-state index in [1.165, 1.54) is 4.57 Å². The molecule has 0 aliphatic carbocycles. The van der Waals surface area contributed by atoms with Crippen LogP contribution < -0.4 is 0 Å². The molecular formula is C14H10BrN. The Bertz CT molecular complexity index is 857. The lowest BCUT2D eigenvalue weighted by Crippen LogP contribution is -1.89. The van der Waals surface area contributed by atoms with Gasteiger partial charge < -0.3 is 4.57 Å². The molecule has 16 heavy (non-hydrogen) atoms. The van der Waals surface area contributed by atoms with Gasteiger partial charge in [-0.2, -0.15) is 0 Å². The van der Waals surface area contributed by atoms with Crippen LogP contribution in [0.25, 0.3) is 16.6 Å². The fraction of sp³-hybridized carbons (Fsp3) is 0. The molecule has 1 heterocycles. The molecule has 0 aliphatic rings. The van der Waals surface area contributed by atoms with Gasteiger partial charge in [-0.3, -0.25) is 0 Å². The number of fused-ring (bicyclic) bond motifs is 1. The monoisotopic (exact) mass is 276 g/mol. The zero-order valence-electron chi connectivity index (χ0n) is 13.2. The first-order valence-corrected chi connectivity index (χ1v) is 5.56. The molecule has 1 nitrogen and oxygen atoms in total. The van der Waals surface area contributed by atoms with Crippen LogP contribution in [0.4, 0.5) is 0 Å². The summed E-state index contributed by atoms with van der Waals surface area (Å²) in [4.78, 5) is 0. The minimum atomic E-state index is -0.297. The molecule has 78 valence electrons. The van der Waals surface area contributed by atoms with Crippen LogP contribution in [0.3, 0.4) is 0 Å². The van der Waals surface area contributed by atoms with Crippen LogP contribution in [0.5, 0.6) is 0 Å². The van der Waals surface area contributed by atoms with Gasteiger partial charge in [0.15, 0.2) is 0 Å². The number of rotatable bonds is 1. The predicted molar refractivity (Wildman–Crippen MR) is 71.0 cm³/mol. The Labute approximate surface area is 109 Å². The van der Waals surface area contributed by atoms with Crippen LogP contribution in [-0.2, 0) is 0 Å². The zero-order valence-corrected chi connectivity index (χ0v) is 9.80. The van der Waals surface area contributed by atoms with Crippen molar-refractivity contribution in [2.75, 3.05) is 0 Å². The topological polar surface area (TPSA) is 4.93 Å². The summed E-state index contributed by atoms with van der Waals surface area (Å²) in [5, 5.41) is 0.329. The summed E-state index contributed by atoms with van der Waals surface area (Å²) >= 11 is 3.29. The molecule has 0 atom stereocenters. The zero-order chi connectivity index (χ0) is 15.3. The Kier molecular flexibility index (Phi) is 1.35. The van der Waals surface area contributed by atoms with E-state index in [-0.39, 0.29) is 30.3 Å². The van der Waals surface area contributed by atoms with E-state index in [1.54, 1.807) is 12.1 Å².